The van der Waals surface area contributed by atoms with Crippen LogP contribution in [0.1, 0.15) is 22.4 Å². The second kappa shape index (κ2) is 4.18. The molecule has 0 amide bonds. The van der Waals surface area contributed by atoms with Gasteiger partial charge in [-0.3, -0.25) is 0 Å². The molecule has 0 saturated carbocycles. The topological polar surface area (TPSA) is 59.4 Å². The number of carbonyl (C=O) groups excluding carboxylic acids is 1. The molecule has 1 aromatic rings. The van der Waals surface area contributed by atoms with E-state index in [9.17, 15) is 4.79 Å². The predicted octanol–water partition coefficient (Wildman–Crippen LogP) is 0.812. The van der Waals surface area contributed by atoms with Crippen LogP contribution in [0.4, 0.5) is 0 Å². The maximum Gasteiger partial charge on any atom is 0.367 e. The number of carbonyl (C=O) groups is 1. The van der Waals surface area contributed by atoms with Gasteiger partial charge in [-0.1, -0.05) is 0 Å². The van der Waals surface area contributed by atoms with E-state index in [2.05, 4.69) is 4.98 Å². The highest BCUT2D eigenvalue weighted by molar-refractivity contribution is 7.11. The molecular weight excluding hydrogens is 178 g/mol. The van der Waals surface area contributed by atoms with Crippen LogP contribution in [0.5, 0.6) is 0 Å². The fourth-order valence-electron chi connectivity index (χ4n) is 0.666. The molecule has 1 N–H and O–H groups in total. The Labute approximate surface area is 73.8 Å². The molecule has 0 unspecified atom stereocenters. The van der Waals surface area contributed by atoms with Crippen molar-refractivity contribution in [1.29, 1.82) is 0 Å². The SMILES string of the molecule is CCOC(=O)c1nc(CO)cs1. The van der Waals surface area contributed by atoms with Gasteiger partial charge in [0.15, 0.2) is 0 Å². The van der Waals surface area contributed by atoms with Gasteiger partial charge in [0.25, 0.3) is 0 Å². The number of aliphatic hydroxyl groups excluding tert-OH is 1. The molecule has 0 aliphatic heterocycles. The quantitative estimate of drug-likeness (QED) is 0.711. The zero-order valence-corrected chi connectivity index (χ0v) is 7.43. The molecule has 4 nitrogen and oxygen atoms in total. The molecule has 66 valence electrons. The fraction of sp³-hybridized carbons (Fsp3) is 0.429. The first-order valence-corrected chi connectivity index (χ1v) is 4.38. The number of thiazole rings is 1. The first kappa shape index (κ1) is 9.15. The van der Waals surface area contributed by atoms with E-state index in [0.29, 0.717) is 17.3 Å². The fourth-order valence-corrected chi connectivity index (χ4v) is 1.37. The van der Waals surface area contributed by atoms with Crippen LogP contribution in [0.25, 0.3) is 0 Å². The summed E-state index contributed by atoms with van der Waals surface area (Å²) >= 11 is 1.18. The van der Waals surface area contributed by atoms with Crippen LogP contribution in [0, 0.1) is 0 Å². The minimum atomic E-state index is -0.429. The highest BCUT2D eigenvalue weighted by Gasteiger charge is 2.10. The van der Waals surface area contributed by atoms with Crippen LogP contribution in [0.2, 0.25) is 0 Å². The zero-order chi connectivity index (χ0) is 8.97. The van der Waals surface area contributed by atoms with Crippen LogP contribution < -0.4 is 0 Å². The van der Waals surface area contributed by atoms with Crippen molar-refractivity contribution in [2.75, 3.05) is 6.61 Å². The largest absolute Gasteiger partial charge is 0.461 e. The van der Waals surface area contributed by atoms with Crippen molar-refractivity contribution in [3.8, 4) is 0 Å². The summed E-state index contributed by atoms with van der Waals surface area (Å²) in [6.45, 7) is 1.93. The Balaban J connectivity index is 2.68. The van der Waals surface area contributed by atoms with E-state index in [1.807, 2.05) is 0 Å². The van der Waals surface area contributed by atoms with Crippen LogP contribution in [-0.2, 0) is 11.3 Å². The van der Waals surface area contributed by atoms with Crippen LogP contribution in [-0.4, -0.2) is 22.7 Å². The average molecular weight is 187 g/mol. The molecule has 1 heterocycles. The Morgan fingerprint density at radius 3 is 3.08 bits per heavy atom. The van der Waals surface area contributed by atoms with E-state index in [4.69, 9.17) is 9.84 Å². The van der Waals surface area contributed by atoms with E-state index in [0.717, 1.165) is 0 Å². The number of ether oxygens (including phenoxy) is 1. The average Bonchev–Trinajstić information content (AvgIpc) is 2.52. The first-order chi connectivity index (χ1) is 5.77. The van der Waals surface area contributed by atoms with Gasteiger partial charge in [0.2, 0.25) is 5.01 Å². The molecule has 0 bridgehead atoms. The first-order valence-electron chi connectivity index (χ1n) is 3.50. The smallest absolute Gasteiger partial charge is 0.367 e. The van der Waals surface area contributed by atoms with E-state index in [1.54, 1.807) is 12.3 Å². The van der Waals surface area contributed by atoms with Crippen molar-refractivity contribution in [3.05, 3.63) is 16.1 Å². The molecule has 1 rings (SSSR count). The minimum absolute atomic E-state index is 0.143. The van der Waals surface area contributed by atoms with Crippen LogP contribution in [0.15, 0.2) is 5.38 Å². The van der Waals surface area contributed by atoms with Gasteiger partial charge in [0, 0.05) is 5.38 Å². The summed E-state index contributed by atoms with van der Waals surface area (Å²) in [5.74, 6) is -0.429. The Kier molecular flexibility index (Phi) is 3.19. The standard InChI is InChI=1S/C7H9NO3S/c1-2-11-7(10)6-8-5(3-9)4-12-6/h4,9H,2-3H2,1H3. The summed E-state index contributed by atoms with van der Waals surface area (Å²) < 4.78 is 4.71. The second-order valence-corrected chi connectivity index (χ2v) is 2.88. The lowest BCUT2D eigenvalue weighted by Crippen LogP contribution is -2.04. The lowest BCUT2D eigenvalue weighted by molar-refractivity contribution is 0.0525. The number of aromatic nitrogens is 1. The Bertz CT molecular complexity index is 271. The molecule has 0 saturated heterocycles. The van der Waals surface area contributed by atoms with E-state index >= 15 is 0 Å². The van der Waals surface area contributed by atoms with Gasteiger partial charge >= 0.3 is 5.97 Å². The van der Waals surface area contributed by atoms with Crippen molar-refractivity contribution in [1.82, 2.24) is 4.98 Å². The Morgan fingerprint density at radius 2 is 2.58 bits per heavy atom. The van der Waals surface area contributed by atoms with E-state index in [1.165, 1.54) is 11.3 Å². The summed E-state index contributed by atoms with van der Waals surface area (Å²) in [4.78, 5) is 14.9. The highest BCUT2D eigenvalue weighted by Crippen LogP contribution is 2.10. The summed E-state index contributed by atoms with van der Waals surface area (Å²) in [6.07, 6.45) is 0. The number of rotatable bonds is 3. The number of esters is 1. The molecule has 0 aliphatic rings. The van der Waals surface area contributed by atoms with Gasteiger partial charge in [-0.05, 0) is 6.92 Å². The monoisotopic (exact) mass is 187 g/mol. The number of nitrogens with zero attached hydrogens (tertiary/aromatic N) is 1. The van der Waals surface area contributed by atoms with Gasteiger partial charge in [-0.25, -0.2) is 9.78 Å². The normalized spacial score (nSPS) is 9.83. The summed E-state index contributed by atoms with van der Waals surface area (Å²) in [7, 11) is 0. The lowest BCUT2D eigenvalue weighted by Gasteiger charge is -1.95. The molecule has 0 aromatic carbocycles. The molecule has 0 radical (unpaired) electrons. The maximum atomic E-state index is 11.0. The molecule has 0 aliphatic carbocycles. The highest BCUT2D eigenvalue weighted by atomic mass is 32.1. The van der Waals surface area contributed by atoms with Gasteiger partial charge in [0.1, 0.15) is 0 Å². The van der Waals surface area contributed by atoms with Gasteiger partial charge in [0.05, 0.1) is 18.9 Å². The van der Waals surface area contributed by atoms with Gasteiger partial charge < -0.3 is 9.84 Å². The lowest BCUT2D eigenvalue weighted by atomic mass is 10.5. The molecule has 12 heavy (non-hydrogen) atoms. The Hall–Kier alpha value is -0.940. The number of hydrogen-bond donors (Lipinski definition) is 1. The third-order valence-electron chi connectivity index (χ3n) is 1.16. The van der Waals surface area contributed by atoms with Crippen molar-refractivity contribution < 1.29 is 14.6 Å². The minimum Gasteiger partial charge on any atom is -0.461 e. The van der Waals surface area contributed by atoms with Gasteiger partial charge in [-0.15, -0.1) is 11.3 Å². The number of hydrogen-bond acceptors (Lipinski definition) is 5. The Morgan fingerprint density at radius 1 is 1.83 bits per heavy atom. The van der Waals surface area contributed by atoms with Crippen LogP contribution in [0.3, 0.4) is 0 Å². The summed E-state index contributed by atoms with van der Waals surface area (Å²) in [5, 5.41) is 10.6. The molecule has 5 heteroatoms. The van der Waals surface area contributed by atoms with Gasteiger partial charge in [-0.2, -0.15) is 0 Å². The van der Waals surface area contributed by atoms with Crippen molar-refractivity contribution in [2.45, 2.75) is 13.5 Å². The zero-order valence-electron chi connectivity index (χ0n) is 6.61. The maximum absolute atomic E-state index is 11.0. The third kappa shape index (κ3) is 2.02. The molecular formula is C7H9NO3S. The van der Waals surface area contributed by atoms with Crippen molar-refractivity contribution >= 4 is 17.3 Å². The van der Waals surface area contributed by atoms with Crippen LogP contribution >= 0.6 is 11.3 Å². The third-order valence-corrected chi connectivity index (χ3v) is 2.03. The van der Waals surface area contributed by atoms with Crippen molar-refractivity contribution in [2.24, 2.45) is 0 Å². The second-order valence-electron chi connectivity index (χ2n) is 2.02. The molecule has 0 spiro atoms. The van der Waals surface area contributed by atoms with Crippen molar-refractivity contribution in [3.63, 3.8) is 0 Å². The van der Waals surface area contributed by atoms with E-state index < -0.39 is 5.97 Å². The molecule has 0 atom stereocenters. The van der Waals surface area contributed by atoms with E-state index in [-0.39, 0.29) is 6.61 Å². The molecule has 0 fully saturated rings. The molecule has 1 aromatic heterocycles. The number of aliphatic hydroxyl groups is 1. The summed E-state index contributed by atoms with van der Waals surface area (Å²) in [5.41, 5.74) is 0.503. The summed E-state index contributed by atoms with van der Waals surface area (Å²) in [6, 6.07) is 0. The predicted molar refractivity (Wildman–Crippen MR) is 44.0 cm³/mol.